The normalized spacial score (nSPS) is 14.5. The summed E-state index contributed by atoms with van der Waals surface area (Å²) >= 11 is 0. The second kappa shape index (κ2) is 9.25. The number of fused-ring (bicyclic) bond motifs is 1. The summed E-state index contributed by atoms with van der Waals surface area (Å²) in [6.45, 7) is 10.4. The van der Waals surface area contributed by atoms with Gasteiger partial charge in [-0.2, -0.15) is 0 Å². The van der Waals surface area contributed by atoms with Gasteiger partial charge in [0.15, 0.2) is 0 Å². The highest BCUT2D eigenvalue weighted by molar-refractivity contribution is 5.98. The topological polar surface area (TPSA) is 67.8 Å². The lowest BCUT2D eigenvalue weighted by Gasteiger charge is -2.37. The number of anilines is 1. The predicted molar refractivity (Wildman–Crippen MR) is 131 cm³/mol. The molecule has 0 unspecified atom stereocenters. The van der Waals surface area contributed by atoms with E-state index in [0.29, 0.717) is 13.1 Å². The number of piperazine rings is 1. The Bertz CT molecular complexity index is 1150. The summed E-state index contributed by atoms with van der Waals surface area (Å²) in [5.41, 5.74) is 2.58. The van der Waals surface area contributed by atoms with Crippen LogP contribution in [0.2, 0.25) is 0 Å². The van der Waals surface area contributed by atoms with E-state index in [0.717, 1.165) is 58.8 Å². The van der Waals surface area contributed by atoms with Gasteiger partial charge in [0.2, 0.25) is 0 Å². The van der Waals surface area contributed by atoms with Crippen molar-refractivity contribution in [3.8, 4) is 17.0 Å². The van der Waals surface area contributed by atoms with Crippen molar-refractivity contribution in [1.29, 1.82) is 0 Å². The number of aromatic nitrogens is 2. The maximum absolute atomic E-state index is 12.5. The number of ether oxygens (including phenoxy) is 2. The van der Waals surface area contributed by atoms with Crippen LogP contribution in [-0.4, -0.2) is 59.9 Å². The van der Waals surface area contributed by atoms with Gasteiger partial charge in [0.25, 0.3) is 0 Å². The Morgan fingerprint density at radius 1 is 1.06 bits per heavy atom. The molecule has 0 spiro atoms. The van der Waals surface area contributed by atoms with Crippen molar-refractivity contribution in [3.63, 3.8) is 0 Å². The number of hydrogen-bond donors (Lipinski definition) is 0. The van der Waals surface area contributed by atoms with Gasteiger partial charge in [0.1, 0.15) is 17.2 Å². The molecule has 2 aromatic carbocycles. The Hall–Kier alpha value is -3.35. The highest BCUT2D eigenvalue weighted by Gasteiger charge is 2.27. The van der Waals surface area contributed by atoms with Gasteiger partial charge in [-0.3, -0.25) is 0 Å². The number of aryl methyl sites for hydroxylation is 1. The van der Waals surface area contributed by atoms with Crippen LogP contribution in [0.5, 0.6) is 5.75 Å². The monoisotopic (exact) mass is 448 g/mol. The zero-order chi connectivity index (χ0) is 23.6. The summed E-state index contributed by atoms with van der Waals surface area (Å²) in [7, 11) is 1.68. The van der Waals surface area contributed by atoms with Crippen LogP contribution < -0.4 is 9.64 Å². The van der Waals surface area contributed by atoms with E-state index in [1.165, 1.54) is 0 Å². The molecular formula is C26H32N4O3. The lowest BCUT2D eigenvalue weighted by molar-refractivity contribution is 0.0240. The molecule has 2 heterocycles. The molecule has 1 fully saturated rings. The summed E-state index contributed by atoms with van der Waals surface area (Å²) in [4.78, 5) is 25.7. The van der Waals surface area contributed by atoms with E-state index in [-0.39, 0.29) is 6.09 Å². The molecular weight excluding hydrogens is 416 g/mol. The molecule has 1 aromatic heterocycles. The molecule has 1 aliphatic rings. The fourth-order valence-electron chi connectivity index (χ4n) is 4.04. The van der Waals surface area contributed by atoms with Crippen LogP contribution in [0.15, 0.2) is 42.6 Å². The molecule has 4 rings (SSSR count). The predicted octanol–water partition coefficient (Wildman–Crippen LogP) is 4.92. The number of nitrogens with zero attached hydrogens (tertiary/aromatic N) is 4. The average Bonchev–Trinajstić information content (AvgIpc) is 2.82. The molecule has 0 aliphatic carbocycles. The van der Waals surface area contributed by atoms with Crippen LogP contribution in [0.3, 0.4) is 0 Å². The van der Waals surface area contributed by atoms with E-state index in [1.54, 1.807) is 12.0 Å². The lowest BCUT2D eigenvalue weighted by atomic mass is 10.0. The molecule has 3 aromatic rings. The number of amides is 1. The molecule has 0 saturated carbocycles. The second-order valence-corrected chi connectivity index (χ2v) is 9.25. The van der Waals surface area contributed by atoms with Crippen molar-refractivity contribution in [2.24, 2.45) is 0 Å². The van der Waals surface area contributed by atoms with Crippen LogP contribution in [0.25, 0.3) is 22.0 Å². The minimum Gasteiger partial charge on any atom is -0.497 e. The van der Waals surface area contributed by atoms with Crippen LogP contribution in [0, 0.1) is 0 Å². The first kappa shape index (κ1) is 22.8. The fourth-order valence-corrected chi connectivity index (χ4v) is 4.04. The van der Waals surface area contributed by atoms with Crippen molar-refractivity contribution in [1.82, 2.24) is 14.9 Å². The van der Waals surface area contributed by atoms with Crippen molar-refractivity contribution in [2.75, 3.05) is 38.2 Å². The number of hydrogen-bond acceptors (Lipinski definition) is 6. The number of carbonyl (C=O) groups excluding carboxylic acids is 1. The second-order valence-electron chi connectivity index (χ2n) is 9.25. The third-order valence-electron chi connectivity index (χ3n) is 5.73. The Labute approximate surface area is 195 Å². The standard InChI is InChI=1S/C26H32N4O3/c1-6-24-27-10-9-22(28-24)19-15-18-7-8-20(32-5)17-21(18)23(16-19)29-11-13-30(14-12-29)25(31)33-26(2,3)4/h7-10,15-17H,6,11-14H2,1-5H3. The van der Waals surface area contributed by atoms with Gasteiger partial charge < -0.3 is 19.3 Å². The quantitative estimate of drug-likeness (QED) is 0.564. The number of rotatable bonds is 4. The smallest absolute Gasteiger partial charge is 0.410 e. The minimum atomic E-state index is -0.496. The van der Waals surface area contributed by atoms with E-state index >= 15 is 0 Å². The summed E-state index contributed by atoms with van der Waals surface area (Å²) in [6, 6.07) is 12.4. The maximum atomic E-state index is 12.5. The number of carbonyl (C=O) groups is 1. The molecule has 0 bridgehead atoms. The maximum Gasteiger partial charge on any atom is 0.410 e. The molecule has 1 amide bonds. The van der Waals surface area contributed by atoms with Crippen molar-refractivity contribution in [3.05, 3.63) is 48.4 Å². The van der Waals surface area contributed by atoms with E-state index in [2.05, 4.69) is 41.1 Å². The van der Waals surface area contributed by atoms with Gasteiger partial charge in [0.05, 0.1) is 12.8 Å². The van der Waals surface area contributed by atoms with Crippen molar-refractivity contribution >= 4 is 22.6 Å². The molecule has 1 saturated heterocycles. The molecule has 0 atom stereocenters. The van der Waals surface area contributed by atoms with Crippen molar-refractivity contribution < 1.29 is 14.3 Å². The zero-order valence-corrected chi connectivity index (χ0v) is 20.1. The lowest BCUT2D eigenvalue weighted by Crippen LogP contribution is -2.50. The Balaban J connectivity index is 1.68. The first-order chi connectivity index (χ1) is 15.8. The fraction of sp³-hybridized carbons (Fsp3) is 0.423. The third kappa shape index (κ3) is 5.18. The summed E-state index contributed by atoms with van der Waals surface area (Å²) in [5, 5.41) is 2.24. The zero-order valence-electron chi connectivity index (χ0n) is 20.1. The Morgan fingerprint density at radius 2 is 1.82 bits per heavy atom. The van der Waals surface area contributed by atoms with Crippen LogP contribution in [0.1, 0.15) is 33.5 Å². The van der Waals surface area contributed by atoms with Crippen LogP contribution in [-0.2, 0) is 11.2 Å². The van der Waals surface area contributed by atoms with E-state index in [4.69, 9.17) is 14.5 Å². The molecule has 0 N–H and O–H groups in total. The summed E-state index contributed by atoms with van der Waals surface area (Å²) in [6.07, 6.45) is 2.35. The molecule has 1 aliphatic heterocycles. The Kier molecular flexibility index (Phi) is 6.40. The highest BCUT2D eigenvalue weighted by Crippen LogP contribution is 2.35. The Morgan fingerprint density at radius 3 is 2.48 bits per heavy atom. The van der Waals surface area contributed by atoms with Gasteiger partial charge in [-0.15, -0.1) is 0 Å². The number of benzene rings is 2. The summed E-state index contributed by atoms with van der Waals surface area (Å²) < 4.78 is 11.1. The SMILES string of the molecule is CCc1nccc(-c2cc(N3CCN(C(=O)OC(C)(C)C)CC3)c3cc(OC)ccc3c2)n1. The van der Waals surface area contributed by atoms with Gasteiger partial charge in [-0.05, 0) is 56.5 Å². The first-order valence-electron chi connectivity index (χ1n) is 11.4. The molecule has 7 nitrogen and oxygen atoms in total. The average molecular weight is 449 g/mol. The van der Waals surface area contributed by atoms with E-state index in [1.807, 2.05) is 39.1 Å². The third-order valence-corrected chi connectivity index (χ3v) is 5.73. The largest absolute Gasteiger partial charge is 0.497 e. The first-order valence-corrected chi connectivity index (χ1v) is 11.4. The van der Waals surface area contributed by atoms with E-state index in [9.17, 15) is 4.79 Å². The highest BCUT2D eigenvalue weighted by atomic mass is 16.6. The van der Waals surface area contributed by atoms with Gasteiger partial charge in [0, 0.05) is 55.4 Å². The summed E-state index contributed by atoms with van der Waals surface area (Å²) in [5.74, 6) is 1.65. The molecule has 33 heavy (non-hydrogen) atoms. The van der Waals surface area contributed by atoms with Crippen molar-refractivity contribution in [2.45, 2.75) is 39.7 Å². The molecule has 0 radical (unpaired) electrons. The van der Waals surface area contributed by atoms with Crippen LogP contribution in [0.4, 0.5) is 10.5 Å². The number of methoxy groups -OCH3 is 1. The van der Waals surface area contributed by atoms with Gasteiger partial charge in [-0.25, -0.2) is 14.8 Å². The van der Waals surface area contributed by atoms with E-state index < -0.39 is 5.60 Å². The van der Waals surface area contributed by atoms with Gasteiger partial charge in [-0.1, -0.05) is 13.0 Å². The molecule has 7 heteroatoms. The molecule has 174 valence electrons. The van der Waals surface area contributed by atoms with Gasteiger partial charge >= 0.3 is 6.09 Å². The minimum absolute atomic E-state index is 0.254. The van der Waals surface area contributed by atoms with Crippen LogP contribution >= 0.6 is 0 Å².